The second kappa shape index (κ2) is 11.5. The van der Waals surface area contributed by atoms with Crippen LogP contribution in [-0.4, -0.2) is 67.8 Å². The largest absolute Gasteiger partial charge is 0.480 e. The number of unbranched alkanes of at least 4 members (excludes halogenated alkanes) is 1. The summed E-state index contributed by atoms with van der Waals surface area (Å²) < 4.78 is 5.48. The fourth-order valence-corrected chi connectivity index (χ4v) is 4.07. The number of carboxylic acid groups (broad SMARTS) is 1. The van der Waals surface area contributed by atoms with Crippen molar-refractivity contribution in [3.63, 3.8) is 0 Å². The monoisotopic (exact) mass is 453 g/mol. The van der Waals surface area contributed by atoms with E-state index in [1.54, 1.807) is 19.0 Å². The van der Waals surface area contributed by atoms with E-state index >= 15 is 0 Å². The highest BCUT2D eigenvalue weighted by Crippen LogP contribution is 2.44. The predicted octanol–water partition coefficient (Wildman–Crippen LogP) is 2.83. The molecule has 2 aromatic carbocycles. The van der Waals surface area contributed by atoms with Gasteiger partial charge >= 0.3 is 12.1 Å². The Bertz CT molecular complexity index is 946. The van der Waals surface area contributed by atoms with Crippen LogP contribution in [0.1, 0.15) is 36.3 Å². The van der Waals surface area contributed by atoms with Crippen molar-refractivity contribution in [1.82, 2.24) is 15.5 Å². The van der Waals surface area contributed by atoms with Gasteiger partial charge in [0, 0.05) is 25.4 Å². The van der Waals surface area contributed by atoms with Crippen LogP contribution in [0.5, 0.6) is 0 Å². The number of aliphatic carboxylic acids is 1. The number of alkyl carbamates (subject to hydrolysis) is 1. The summed E-state index contributed by atoms with van der Waals surface area (Å²) in [6.45, 7) is 0.860. The first-order valence-corrected chi connectivity index (χ1v) is 11.1. The van der Waals surface area contributed by atoms with Crippen LogP contribution in [0.2, 0.25) is 0 Å². The van der Waals surface area contributed by atoms with E-state index in [1.807, 2.05) is 24.3 Å². The van der Waals surface area contributed by atoms with Crippen molar-refractivity contribution < 1.29 is 24.2 Å². The normalized spacial score (nSPS) is 13.2. The number of amides is 2. The van der Waals surface area contributed by atoms with E-state index in [0.717, 1.165) is 11.1 Å². The topological polar surface area (TPSA) is 108 Å². The van der Waals surface area contributed by atoms with E-state index in [-0.39, 0.29) is 31.4 Å². The first-order valence-electron chi connectivity index (χ1n) is 11.1. The lowest BCUT2D eigenvalue weighted by Gasteiger charge is -2.18. The number of likely N-dealkylation sites (N-methyl/N-ethyl adjacent to an activating group) is 1. The number of hydrogen-bond donors (Lipinski definition) is 3. The molecule has 0 aromatic heterocycles. The quantitative estimate of drug-likeness (QED) is 0.452. The number of rotatable bonds is 11. The van der Waals surface area contributed by atoms with Gasteiger partial charge in [-0.05, 0) is 49.2 Å². The van der Waals surface area contributed by atoms with Crippen molar-refractivity contribution in [2.75, 3.05) is 33.8 Å². The van der Waals surface area contributed by atoms with Crippen LogP contribution in [-0.2, 0) is 14.3 Å². The Morgan fingerprint density at radius 3 is 2.18 bits per heavy atom. The minimum Gasteiger partial charge on any atom is -0.480 e. The molecule has 33 heavy (non-hydrogen) atoms. The number of carbonyl (C=O) groups is 3. The third-order valence-electron chi connectivity index (χ3n) is 5.62. The summed E-state index contributed by atoms with van der Waals surface area (Å²) in [5.74, 6) is -1.37. The fourth-order valence-electron chi connectivity index (χ4n) is 4.07. The molecular weight excluding hydrogens is 422 g/mol. The summed E-state index contributed by atoms with van der Waals surface area (Å²) in [6.07, 6.45) is 0.828. The summed E-state index contributed by atoms with van der Waals surface area (Å²) in [7, 11) is 3.49. The van der Waals surface area contributed by atoms with Gasteiger partial charge in [0.1, 0.15) is 12.6 Å². The van der Waals surface area contributed by atoms with Gasteiger partial charge in [-0.2, -0.15) is 0 Å². The number of nitrogens with zero attached hydrogens (tertiary/aromatic N) is 1. The molecule has 8 nitrogen and oxygen atoms in total. The number of hydrogen-bond acceptors (Lipinski definition) is 5. The summed E-state index contributed by atoms with van der Waals surface area (Å²) in [6, 6.07) is 15.4. The second-order valence-electron chi connectivity index (χ2n) is 8.43. The molecule has 0 heterocycles. The van der Waals surface area contributed by atoms with Gasteiger partial charge in [-0.25, -0.2) is 9.59 Å². The molecule has 1 aliphatic rings. The zero-order chi connectivity index (χ0) is 23.8. The summed E-state index contributed by atoms with van der Waals surface area (Å²) >= 11 is 0. The van der Waals surface area contributed by atoms with Crippen molar-refractivity contribution in [2.45, 2.75) is 31.2 Å². The molecule has 2 amide bonds. The van der Waals surface area contributed by atoms with Gasteiger partial charge in [0.2, 0.25) is 5.91 Å². The molecule has 1 atom stereocenters. The molecule has 176 valence electrons. The molecule has 0 aliphatic heterocycles. The highest BCUT2D eigenvalue weighted by molar-refractivity contribution is 5.83. The molecule has 8 heteroatoms. The number of ether oxygens (including phenoxy) is 1. The molecular formula is C25H31N3O5. The first kappa shape index (κ1) is 24.3. The second-order valence-corrected chi connectivity index (χ2v) is 8.43. The van der Waals surface area contributed by atoms with Crippen LogP contribution >= 0.6 is 0 Å². The zero-order valence-electron chi connectivity index (χ0n) is 19.0. The number of carboxylic acids is 1. The maximum Gasteiger partial charge on any atom is 0.407 e. The van der Waals surface area contributed by atoms with Gasteiger partial charge in [0.15, 0.2) is 0 Å². The number of nitrogens with one attached hydrogen (secondary N) is 2. The highest BCUT2D eigenvalue weighted by atomic mass is 16.5. The van der Waals surface area contributed by atoms with Crippen molar-refractivity contribution in [1.29, 1.82) is 0 Å². The highest BCUT2D eigenvalue weighted by Gasteiger charge is 2.29. The summed E-state index contributed by atoms with van der Waals surface area (Å²) in [4.78, 5) is 37.1. The lowest BCUT2D eigenvalue weighted by Crippen LogP contribution is -2.46. The fraction of sp³-hybridized carbons (Fsp3) is 0.400. The Balaban J connectivity index is 1.37. The number of carbonyl (C=O) groups excluding carboxylic acids is 2. The van der Waals surface area contributed by atoms with Crippen molar-refractivity contribution in [3.8, 4) is 11.1 Å². The van der Waals surface area contributed by atoms with Gasteiger partial charge in [0.25, 0.3) is 0 Å². The van der Waals surface area contributed by atoms with Crippen molar-refractivity contribution >= 4 is 18.0 Å². The van der Waals surface area contributed by atoms with Gasteiger partial charge in [-0.3, -0.25) is 4.79 Å². The molecule has 0 saturated carbocycles. The van der Waals surface area contributed by atoms with Gasteiger partial charge < -0.3 is 25.4 Å². The molecule has 0 saturated heterocycles. The van der Waals surface area contributed by atoms with E-state index in [9.17, 15) is 19.5 Å². The number of fused-ring (bicyclic) bond motifs is 3. The maximum absolute atomic E-state index is 12.2. The van der Waals surface area contributed by atoms with Crippen molar-refractivity contribution in [2.24, 2.45) is 0 Å². The van der Waals surface area contributed by atoms with Crippen LogP contribution in [0.15, 0.2) is 48.5 Å². The SMILES string of the molecule is CN(C)CC(NC(=O)CCCCNC(=O)OCC1c2ccccc2-c2ccccc21)C(=O)O. The predicted molar refractivity (Wildman–Crippen MR) is 125 cm³/mol. The average Bonchev–Trinajstić information content (AvgIpc) is 3.10. The summed E-state index contributed by atoms with van der Waals surface area (Å²) in [5.41, 5.74) is 4.67. The maximum atomic E-state index is 12.2. The molecule has 0 radical (unpaired) electrons. The van der Waals surface area contributed by atoms with Gasteiger partial charge in [0.05, 0.1) is 0 Å². The van der Waals surface area contributed by atoms with Crippen LogP contribution in [0.3, 0.4) is 0 Å². The van der Waals surface area contributed by atoms with Gasteiger partial charge in [-0.1, -0.05) is 48.5 Å². The Morgan fingerprint density at radius 1 is 1.00 bits per heavy atom. The molecule has 2 aromatic rings. The van der Waals surface area contributed by atoms with E-state index in [2.05, 4.69) is 34.9 Å². The summed E-state index contributed by atoms with van der Waals surface area (Å²) in [5, 5.41) is 14.4. The zero-order valence-corrected chi connectivity index (χ0v) is 19.0. The van der Waals surface area contributed by atoms with Gasteiger partial charge in [-0.15, -0.1) is 0 Å². The van der Waals surface area contributed by atoms with Crippen LogP contribution in [0.4, 0.5) is 4.79 Å². The van der Waals surface area contributed by atoms with Crippen LogP contribution in [0, 0.1) is 0 Å². The molecule has 3 N–H and O–H groups in total. The molecule has 0 bridgehead atoms. The molecule has 1 aliphatic carbocycles. The Labute approximate surface area is 193 Å². The van der Waals surface area contributed by atoms with Crippen LogP contribution in [0.25, 0.3) is 11.1 Å². The van der Waals surface area contributed by atoms with E-state index < -0.39 is 18.1 Å². The smallest absolute Gasteiger partial charge is 0.407 e. The molecule has 1 unspecified atom stereocenters. The molecule has 0 spiro atoms. The minimum absolute atomic E-state index is 0.0104. The Morgan fingerprint density at radius 2 is 1.61 bits per heavy atom. The minimum atomic E-state index is -1.06. The standard InChI is InChI=1S/C25H31N3O5/c1-28(2)15-22(24(30)31)27-23(29)13-7-8-14-26-25(32)33-16-21-19-11-5-3-9-17(19)18-10-4-6-12-20(18)21/h3-6,9-12,21-22H,7-8,13-16H2,1-2H3,(H,26,32)(H,27,29)(H,30,31). The number of benzene rings is 2. The third-order valence-corrected chi connectivity index (χ3v) is 5.62. The van der Waals surface area contributed by atoms with E-state index in [0.29, 0.717) is 19.4 Å². The van der Waals surface area contributed by atoms with E-state index in [4.69, 9.17) is 4.74 Å². The molecule has 0 fully saturated rings. The van der Waals surface area contributed by atoms with Crippen molar-refractivity contribution in [3.05, 3.63) is 59.7 Å². The first-order chi connectivity index (χ1) is 15.9. The Kier molecular flexibility index (Phi) is 8.43. The average molecular weight is 454 g/mol. The lowest BCUT2D eigenvalue weighted by molar-refractivity contribution is -0.142. The molecule has 3 rings (SSSR count). The third kappa shape index (κ3) is 6.55. The van der Waals surface area contributed by atoms with Crippen LogP contribution < -0.4 is 10.6 Å². The lowest BCUT2D eigenvalue weighted by atomic mass is 9.98. The Hall–Kier alpha value is -3.39. The van der Waals surface area contributed by atoms with E-state index in [1.165, 1.54) is 11.1 Å².